The Morgan fingerprint density at radius 3 is 2.53 bits per heavy atom. The van der Waals surface area contributed by atoms with Crippen molar-refractivity contribution in [3.05, 3.63) is 98.8 Å². The van der Waals surface area contributed by atoms with E-state index in [2.05, 4.69) is 10.1 Å². The van der Waals surface area contributed by atoms with Gasteiger partial charge in [-0.15, -0.1) is 0 Å². The number of aromatic nitrogens is 2. The van der Waals surface area contributed by atoms with Crippen molar-refractivity contribution in [3.8, 4) is 22.6 Å². The molecule has 2 aromatic carbocycles. The van der Waals surface area contributed by atoms with E-state index in [4.69, 9.17) is 16.1 Å². The summed E-state index contributed by atoms with van der Waals surface area (Å²) in [5.74, 6) is 0.249. The summed E-state index contributed by atoms with van der Waals surface area (Å²) in [7, 11) is 0. The van der Waals surface area contributed by atoms with E-state index in [-0.39, 0.29) is 11.4 Å². The molecule has 0 aliphatic heterocycles. The number of hydrogen-bond donors (Lipinski definition) is 1. The monoisotopic (exact) mass is 421 g/mol. The lowest BCUT2D eigenvalue weighted by Gasteiger charge is -2.13. The molecule has 0 saturated heterocycles. The fourth-order valence-electron chi connectivity index (χ4n) is 3.23. The van der Waals surface area contributed by atoms with Gasteiger partial charge in [0.1, 0.15) is 11.8 Å². The van der Waals surface area contributed by atoms with Crippen LogP contribution in [0.25, 0.3) is 22.6 Å². The first-order valence-corrected chi connectivity index (χ1v) is 9.42. The largest absolute Gasteiger partial charge is 0.383 e. The Bertz CT molecular complexity index is 1210. The van der Waals surface area contributed by atoms with Gasteiger partial charge in [-0.3, -0.25) is 15.1 Å². The van der Waals surface area contributed by atoms with E-state index >= 15 is 0 Å². The molecular formula is C22H16ClN3O4. The summed E-state index contributed by atoms with van der Waals surface area (Å²) in [4.78, 5) is 15.0. The predicted molar refractivity (Wildman–Crippen MR) is 112 cm³/mol. The highest BCUT2D eigenvalue weighted by Gasteiger charge is 2.27. The van der Waals surface area contributed by atoms with Crippen LogP contribution in [0.1, 0.15) is 22.8 Å². The normalized spacial score (nSPS) is 12.0. The Morgan fingerprint density at radius 1 is 1.13 bits per heavy atom. The van der Waals surface area contributed by atoms with E-state index in [1.165, 1.54) is 6.07 Å². The van der Waals surface area contributed by atoms with E-state index in [0.29, 0.717) is 38.5 Å². The minimum atomic E-state index is -1.11. The number of benzene rings is 2. The van der Waals surface area contributed by atoms with Crippen molar-refractivity contribution in [2.75, 3.05) is 0 Å². The van der Waals surface area contributed by atoms with E-state index < -0.39 is 11.0 Å². The molecule has 2 aromatic heterocycles. The lowest BCUT2D eigenvalue weighted by Crippen LogP contribution is -2.03. The zero-order valence-corrected chi connectivity index (χ0v) is 16.6. The van der Waals surface area contributed by atoms with Gasteiger partial charge in [0.2, 0.25) is 0 Å². The smallest absolute Gasteiger partial charge is 0.273 e. The Morgan fingerprint density at radius 2 is 1.87 bits per heavy atom. The van der Waals surface area contributed by atoms with Gasteiger partial charge < -0.3 is 9.63 Å². The number of nitro groups is 1. The third kappa shape index (κ3) is 3.68. The highest BCUT2D eigenvalue weighted by atomic mass is 35.5. The van der Waals surface area contributed by atoms with Crippen LogP contribution in [0.2, 0.25) is 5.02 Å². The molecule has 0 aliphatic carbocycles. The summed E-state index contributed by atoms with van der Waals surface area (Å²) in [6.07, 6.45) is 2.05. The van der Waals surface area contributed by atoms with Gasteiger partial charge >= 0.3 is 0 Å². The van der Waals surface area contributed by atoms with Crippen LogP contribution in [0.4, 0.5) is 5.69 Å². The van der Waals surface area contributed by atoms with Gasteiger partial charge in [-0.1, -0.05) is 47.1 Å². The predicted octanol–water partition coefficient (Wildman–Crippen LogP) is 5.36. The molecule has 4 rings (SSSR count). The van der Waals surface area contributed by atoms with Gasteiger partial charge in [0.15, 0.2) is 5.76 Å². The van der Waals surface area contributed by atoms with E-state index in [0.717, 1.165) is 0 Å². The highest BCUT2D eigenvalue weighted by Crippen LogP contribution is 2.40. The van der Waals surface area contributed by atoms with Crippen LogP contribution < -0.4 is 0 Å². The summed E-state index contributed by atoms with van der Waals surface area (Å²) in [6.45, 7) is 1.66. The second-order valence-corrected chi connectivity index (χ2v) is 7.16. The molecule has 30 heavy (non-hydrogen) atoms. The quantitative estimate of drug-likeness (QED) is 0.344. The highest BCUT2D eigenvalue weighted by molar-refractivity contribution is 6.30. The van der Waals surface area contributed by atoms with Crippen molar-refractivity contribution >= 4 is 17.3 Å². The van der Waals surface area contributed by atoms with Crippen molar-refractivity contribution < 1.29 is 14.6 Å². The number of aliphatic hydroxyl groups excluding tert-OH is 1. The van der Waals surface area contributed by atoms with Crippen LogP contribution in [0.3, 0.4) is 0 Å². The molecule has 2 heterocycles. The van der Waals surface area contributed by atoms with E-state index in [1.54, 1.807) is 67.8 Å². The molecule has 1 N–H and O–H groups in total. The average molecular weight is 422 g/mol. The molecule has 1 atom stereocenters. The van der Waals surface area contributed by atoms with Gasteiger partial charge in [0, 0.05) is 45.7 Å². The van der Waals surface area contributed by atoms with Crippen molar-refractivity contribution in [2.24, 2.45) is 0 Å². The molecule has 4 aromatic rings. The van der Waals surface area contributed by atoms with Crippen LogP contribution in [-0.4, -0.2) is 20.2 Å². The number of aliphatic hydroxyl groups is 1. The van der Waals surface area contributed by atoms with Crippen molar-refractivity contribution in [3.63, 3.8) is 0 Å². The second kappa shape index (κ2) is 8.06. The molecule has 0 amide bonds. The number of aryl methyl sites for hydroxylation is 1. The summed E-state index contributed by atoms with van der Waals surface area (Å²) in [6, 6.07) is 15.2. The van der Waals surface area contributed by atoms with Gasteiger partial charge in [-0.2, -0.15) is 0 Å². The van der Waals surface area contributed by atoms with Crippen molar-refractivity contribution in [1.29, 1.82) is 0 Å². The van der Waals surface area contributed by atoms with Gasteiger partial charge in [-0.25, -0.2) is 0 Å². The maximum absolute atomic E-state index is 11.4. The minimum Gasteiger partial charge on any atom is -0.383 e. The van der Waals surface area contributed by atoms with Gasteiger partial charge in [0.25, 0.3) is 5.69 Å². The lowest BCUT2D eigenvalue weighted by molar-refractivity contribution is -0.385. The summed E-state index contributed by atoms with van der Waals surface area (Å²) >= 11 is 5.99. The maximum Gasteiger partial charge on any atom is 0.273 e. The number of rotatable bonds is 5. The first-order chi connectivity index (χ1) is 14.5. The summed E-state index contributed by atoms with van der Waals surface area (Å²) < 4.78 is 5.60. The number of pyridine rings is 1. The zero-order valence-electron chi connectivity index (χ0n) is 15.8. The lowest BCUT2D eigenvalue weighted by atomic mass is 9.94. The number of hydrogen-bond acceptors (Lipinski definition) is 6. The van der Waals surface area contributed by atoms with Crippen molar-refractivity contribution in [1.82, 2.24) is 10.1 Å². The minimum absolute atomic E-state index is 0.0428. The SMILES string of the molecule is Cc1ccc(-c2onc(-c3ccc(Cl)cc3)c2C(O)c2cccnc2)cc1[N+](=O)[O-]. The first kappa shape index (κ1) is 19.8. The third-order valence-electron chi connectivity index (χ3n) is 4.79. The van der Waals surface area contributed by atoms with Gasteiger partial charge in [-0.05, 0) is 25.1 Å². The van der Waals surface area contributed by atoms with Crippen LogP contribution >= 0.6 is 11.6 Å². The Kier molecular flexibility index (Phi) is 5.31. The molecule has 7 nitrogen and oxygen atoms in total. The standard InChI is InChI=1S/C22H16ClN3O4/c1-13-4-5-15(11-18(13)26(28)29)22-19(21(27)16-3-2-10-24-12-16)20(25-30-22)14-6-8-17(23)9-7-14/h2-12,21,27H,1H3. The molecular weight excluding hydrogens is 406 g/mol. The fourth-order valence-corrected chi connectivity index (χ4v) is 3.35. The molecule has 0 bridgehead atoms. The molecule has 0 fully saturated rings. The molecule has 0 aliphatic rings. The molecule has 150 valence electrons. The second-order valence-electron chi connectivity index (χ2n) is 6.73. The van der Waals surface area contributed by atoms with Crippen LogP contribution in [0.5, 0.6) is 0 Å². The fraction of sp³-hybridized carbons (Fsp3) is 0.0909. The van der Waals surface area contributed by atoms with Crippen LogP contribution in [0.15, 0.2) is 71.5 Å². The summed E-state index contributed by atoms with van der Waals surface area (Å²) in [5, 5.41) is 27.3. The van der Waals surface area contributed by atoms with E-state index in [9.17, 15) is 15.2 Å². The molecule has 0 radical (unpaired) electrons. The first-order valence-electron chi connectivity index (χ1n) is 9.04. The molecule has 8 heteroatoms. The number of halogens is 1. The van der Waals surface area contributed by atoms with Crippen LogP contribution in [0, 0.1) is 17.0 Å². The topological polar surface area (TPSA) is 102 Å². The Hall–Kier alpha value is -3.55. The number of nitro benzene ring substituents is 1. The maximum atomic E-state index is 11.4. The zero-order chi connectivity index (χ0) is 21.3. The Labute approximate surface area is 176 Å². The third-order valence-corrected chi connectivity index (χ3v) is 5.04. The van der Waals surface area contributed by atoms with Gasteiger partial charge in [0.05, 0.1) is 10.5 Å². The van der Waals surface area contributed by atoms with Crippen LogP contribution in [-0.2, 0) is 0 Å². The summed E-state index contributed by atoms with van der Waals surface area (Å²) in [5.41, 5.74) is 2.96. The van der Waals surface area contributed by atoms with E-state index in [1.807, 2.05) is 0 Å². The number of nitrogens with zero attached hydrogens (tertiary/aromatic N) is 3. The van der Waals surface area contributed by atoms with Crippen molar-refractivity contribution in [2.45, 2.75) is 13.0 Å². The molecule has 0 saturated carbocycles. The molecule has 1 unspecified atom stereocenters. The molecule has 0 spiro atoms. The average Bonchev–Trinajstić information content (AvgIpc) is 3.19. The Balaban J connectivity index is 1.92.